The Morgan fingerprint density at radius 2 is 0.893 bits per heavy atom. The summed E-state index contributed by atoms with van der Waals surface area (Å²) in [4.78, 5) is 26.3. The van der Waals surface area contributed by atoms with Crippen LogP contribution in [0.3, 0.4) is 0 Å². The average molecular weight is 714 g/mol. The molecule has 0 aliphatic rings. The van der Waals surface area contributed by atoms with Crippen LogP contribution < -0.4 is 0 Å². The summed E-state index contributed by atoms with van der Waals surface area (Å²) in [6, 6.07) is 62.9. The Bertz CT molecular complexity index is 3270. The third kappa shape index (κ3) is 5.29. The number of nitrogens with zero attached hydrogens (tertiary/aromatic N) is 5. The smallest absolute Gasteiger partial charge is 0.0987 e. The zero-order chi connectivity index (χ0) is 37.0. The Kier molecular flexibility index (Phi) is 7.42. The van der Waals surface area contributed by atoms with Gasteiger partial charge in [0.1, 0.15) is 0 Å². The number of para-hydroxylation sites is 1. The molecule has 5 heteroatoms. The van der Waals surface area contributed by atoms with Gasteiger partial charge in [-0.25, -0.2) is 19.9 Å². The summed E-state index contributed by atoms with van der Waals surface area (Å²) < 4.78 is 0. The van der Waals surface area contributed by atoms with E-state index in [0.29, 0.717) is 0 Å². The van der Waals surface area contributed by atoms with E-state index in [2.05, 4.69) is 157 Å². The molecule has 0 saturated heterocycles. The van der Waals surface area contributed by atoms with Crippen LogP contribution in [0, 0.1) is 0 Å². The van der Waals surface area contributed by atoms with E-state index < -0.39 is 0 Å². The molecule has 4 heterocycles. The number of pyridine rings is 3. The highest BCUT2D eigenvalue weighted by atomic mass is 14.8. The Morgan fingerprint density at radius 1 is 0.321 bits per heavy atom. The lowest BCUT2D eigenvalue weighted by Gasteiger charge is -2.18. The first kappa shape index (κ1) is 31.9. The number of hydrogen-bond acceptors (Lipinski definition) is 5. The van der Waals surface area contributed by atoms with Gasteiger partial charge in [-0.1, -0.05) is 158 Å². The first-order valence-corrected chi connectivity index (χ1v) is 18.8. The van der Waals surface area contributed by atoms with Crippen LogP contribution in [0.5, 0.6) is 0 Å². The van der Waals surface area contributed by atoms with Gasteiger partial charge in [-0.15, -0.1) is 0 Å². The summed E-state index contributed by atoms with van der Waals surface area (Å²) in [5, 5.41) is 5.25. The predicted molar refractivity (Wildman–Crippen MR) is 230 cm³/mol. The summed E-state index contributed by atoms with van der Waals surface area (Å²) in [6.45, 7) is 0. The molecule has 56 heavy (non-hydrogen) atoms. The first-order valence-electron chi connectivity index (χ1n) is 18.8. The van der Waals surface area contributed by atoms with E-state index in [1.165, 1.54) is 0 Å². The number of aromatic nitrogens is 5. The lowest BCUT2D eigenvalue weighted by molar-refractivity contribution is 1.30. The van der Waals surface area contributed by atoms with Crippen molar-refractivity contribution in [1.29, 1.82) is 0 Å². The molecule has 11 aromatic rings. The van der Waals surface area contributed by atoms with Crippen molar-refractivity contribution in [2.45, 2.75) is 0 Å². The minimum Gasteiger partial charge on any atom is -0.254 e. The number of fused-ring (bicyclic) bond motifs is 8. The van der Waals surface area contributed by atoms with Crippen molar-refractivity contribution in [2.75, 3.05) is 0 Å². The lowest BCUT2D eigenvalue weighted by atomic mass is 9.92. The standard InChI is InChI=1S/C51H31N5/c1-4-13-34(14-5-1)45-41-31-40(32-22-24-33(25-23-32)42-29-28-38-27-26-37-19-12-30-52-46(37)47(38)53-42)50-51(44(41)39-20-10-11-21-43(39)54-45)56-49(36-17-8-3-9-18-36)48(55-50)35-15-6-2-7-16-35/h1-31H. The second-order valence-corrected chi connectivity index (χ2v) is 14.0. The van der Waals surface area contributed by atoms with Crippen molar-refractivity contribution in [2.24, 2.45) is 0 Å². The monoisotopic (exact) mass is 713 g/mol. The molecule has 0 spiro atoms. The van der Waals surface area contributed by atoms with Crippen LogP contribution in [0.15, 0.2) is 188 Å². The van der Waals surface area contributed by atoms with Gasteiger partial charge in [0.05, 0.1) is 50.4 Å². The summed E-state index contributed by atoms with van der Waals surface area (Å²) in [5.74, 6) is 0. The molecule has 5 nitrogen and oxygen atoms in total. The maximum atomic E-state index is 5.63. The molecule has 0 N–H and O–H groups in total. The summed E-state index contributed by atoms with van der Waals surface area (Å²) >= 11 is 0. The van der Waals surface area contributed by atoms with Crippen molar-refractivity contribution in [3.63, 3.8) is 0 Å². The van der Waals surface area contributed by atoms with Gasteiger partial charge in [0.2, 0.25) is 0 Å². The average Bonchev–Trinajstić information content (AvgIpc) is 3.28. The van der Waals surface area contributed by atoms with Crippen molar-refractivity contribution in [1.82, 2.24) is 24.9 Å². The van der Waals surface area contributed by atoms with E-state index in [4.69, 9.17) is 19.9 Å². The van der Waals surface area contributed by atoms with Gasteiger partial charge in [0.15, 0.2) is 0 Å². The molecule has 0 aliphatic heterocycles. The maximum Gasteiger partial charge on any atom is 0.0987 e. The molecule has 0 atom stereocenters. The molecular formula is C51H31N5. The van der Waals surface area contributed by atoms with E-state index in [1.807, 2.05) is 36.5 Å². The van der Waals surface area contributed by atoms with Gasteiger partial charge in [0.25, 0.3) is 0 Å². The third-order valence-corrected chi connectivity index (χ3v) is 10.7. The fourth-order valence-corrected chi connectivity index (χ4v) is 7.97. The van der Waals surface area contributed by atoms with E-state index >= 15 is 0 Å². The minimum absolute atomic E-state index is 0.834. The minimum atomic E-state index is 0.834. The van der Waals surface area contributed by atoms with Crippen molar-refractivity contribution in [3.8, 4) is 56.2 Å². The molecule has 260 valence electrons. The number of rotatable bonds is 5. The molecule has 7 aromatic carbocycles. The Hall–Kier alpha value is -7.63. The largest absolute Gasteiger partial charge is 0.254 e. The second kappa shape index (κ2) is 13.0. The lowest BCUT2D eigenvalue weighted by Crippen LogP contribution is -2.00. The van der Waals surface area contributed by atoms with Gasteiger partial charge in [-0.05, 0) is 29.8 Å². The Labute approximate surface area is 322 Å². The molecule has 0 aliphatic carbocycles. The molecule has 0 unspecified atom stereocenters. The van der Waals surface area contributed by atoms with Gasteiger partial charge in [-0.3, -0.25) is 4.98 Å². The zero-order valence-electron chi connectivity index (χ0n) is 30.1. The molecule has 0 bridgehead atoms. The first-order chi connectivity index (χ1) is 27.8. The van der Waals surface area contributed by atoms with Crippen LogP contribution in [0.2, 0.25) is 0 Å². The SMILES string of the molecule is c1ccc(-c2nc3c(-c4ccc(-c5ccc6ccc7cccnc7c6n5)cc4)cc4c(-c5ccccc5)nc5ccccc5c4c3nc2-c2ccccc2)cc1. The normalized spacial score (nSPS) is 11.6. The van der Waals surface area contributed by atoms with Crippen LogP contribution in [-0.4, -0.2) is 24.9 Å². The van der Waals surface area contributed by atoms with Crippen molar-refractivity contribution in [3.05, 3.63) is 188 Å². The van der Waals surface area contributed by atoms with Crippen LogP contribution in [-0.2, 0) is 0 Å². The summed E-state index contributed by atoms with van der Waals surface area (Å²) in [6.07, 6.45) is 1.83. The van der Waals surface area contributed by atoms with E-state index in [0.717, 1.165) is 111 Å². The highest BCUT2D eigenvalue weighted by Gasteiger charge is 2.22. The number of benzene rings is 7. The van der Waals surface area contributed by atoms with E-state index in [9.17, 15) is 0 Å². The third-order valence-electron chi connectivity index (χ3n) is 10.7. The van der Waals surface area contributed by atoms with Crippen LogP contribution in [0.1, 0.15) is 0 Å². The molecule has 4 aromatic heterocycles. The zero-order valence-corrected chi connectivity index (χ0v) is 30.1. The van der Waals surface area contributed by atoms with Crippen molar-refractivity contribution >= 4 is 54.5 Å². The van der Waals surface area contributed by atoms with E-state index in [-0.39, 0.29) is 0 Å². The van der Waals surface area contributed by atoms with Gasteiger partial charge in [0, 0.05) is 60.9 Å². The summed E-state index contributed by atoms with van der Waals surface area (Å²) in [7, 11) is 0. The van der Waals surface area contributed by atoms with E-state index in [1.54, 1.807) is 0 Å². The highest BCUT2D eigenvalue weighted by molar-refractivity contribution is 6.24. The molecule has 0 radical (unpaired) electrons. The number of hydrogen-bond donors (Lipinski definition) is 0. The quantitative estimate of drug-likeness (QED) is 0.166. The van der Waals surface area contributed by atoms with Crippen LogP contribution >= 0.6 is 0 Å². The van der Waals surface area contributed by atoms with Gasteiger partial charge in [-0.2, -0.15) is 0 Å². The Balaban J connectivity index is 1.20. The van der Waals surface area contributed by atoms with Gasteiger partial charge >= 0.3 is 0 Å². The molecule has 11 rings (SSSR count). The predicted octanol–water partition coefficient (Wildman–Crippen LogP) is 12.8. The maximum absolute atomic E-state index is 5.63. The van der Waals surface area contributed by atoms with Crippen LogP contribution in [0.4, 0.5) is 0 Å². The fourth-order valence-electron chi connectivity index (χ4n) is 7.97. The molecule has 0 fully saturated rings. The molecule has 0 amide bonds. The topological polar surface area (TPSA) is 64.5 Å². The van der Waals surface area contributed by atoms with Crippen LogP contribution in [0.25, 0.3) is 111 Å². The fraction of sp³-hybridized carbons (Fsp3) is 0. The molecular weight excluding hydrogens is 683 g/mol. The van der Waals surface area contributed by atoms with Crippen molar-refractivity contribution < 1.29 is 0 Å². The molecule has 0 saturated carbocycles. The second-order valence-electron chi connectivity index (χ2n) is 14.0. The summed E-state index contributed by atoms with van der Waals surface area (Å²) in [5.41, 5.74) is 14.0. The Morgan fingerprint density at radius 3 is 1.59 bits per heavy atom. The highest BCUT2D eigenvalue weighted by Crippen LogP contribution is 2.43. The van der Waals surface area contributed by atoms with Gasteiger partial charge < -0.3 is 0 Å².